The average molecular weight is 253 g/mol. The van der Waals surface area contributed by atoms with Crippen LogP contribution in [-0.2, 0) is 28.2 Å². The fourth-order valence-corrected chi connectivity index (χ4v) is 2.44. The first-order chi connectivity index (χ1) is 6.78. The minimum Gasteiger partial charge on any atom is -0.292 e. The van der Waals surface area contributed by atoms with Crippen LogP contribution >= 0.6 is 8.03 Å². The number of Topliss-reactive ketones (excluding diaryl/α,β-unsaturated/α-hetero) is 1. The van der Waals surface area contributed by atoms with Gasteiger partial charge in [-0.05, 0) is 4.57 Å². The molecule has 0 aromatic heterocycles. The van der Waals surface area contributed by atoms with Crippen LogP contribution in [0, 0.1) is 12.3 Å². The Hall–Kier alpha value is -0.800. The summed E-state index contributed by atoms with van der Waals surface area (Å²) in [6.45, 7) is 0.758. The number of hydrogen-bond acceptors (Lipinski definition) is 6. The van der Waals surface area contributed by atoms with Crippen molar-refractivity contribution in [2.45, 2.75) is 12.8 Å². The highest BCUT2D eigenvalue weighted by Crippen LogP contribution is 2.31. The molecule has 0 radical (unpaired) electrons. The van der Waals surface area contributed by atoms with Crippen LogP contribution in [0.15, 0.2) is 0 Å². The van der Waals surface area contributed by atoms with Crippen LogP contribution in [0.2, 0.25) is 0 Å². The van der Waals surface area contributed by atoms with Crippen molar-refractivity contribution < 1.29 is 26.5 Å². The summed E-state index contributed by atoms with van der Waals surface area (Å²) in [6, 6.07) is 0. The standard InChI is InChI=1S/C7H10O6PS/c1-4-5-12-14(9)7(6(2)8)13-15(3,10)11/h1,7H,5H2,2-3H3/q+1. The monoisotopic (exact) mass is 253 g/mol. The van der Waals surface area contributed by atoms with Crippen molar-refractivity contribution in [2.75, 3.05) is 12.9 Å². The van der Waals surface area contributed by atoms with E-state index in [-0.39, 0.29) is 6.61 Å². The first-order valence-electron chi connectivity index (χ1n) is 3.69. The van der Waals surface area contributed by atoms with Crippen LogP contribution in [0.5, 0.6) is 0 Å². The lowest BCUT2D eigenvalue weighted by Gasteiger charge is -2.01. The summed E-state index contributed by atoms with van der Waals surface area (Å²) in [7, 11) is -6.47. The van der Waals surface area contributed by atoms with E-state index in [0.29, 0.717) is 0 Å². The van der Waals surface area contributed by atoms with Crippen molar-refractivity contribution in [3.63, 3.8) is 0 Å². The van der Waals surface area contributed by atoms with Crippen LogP contribution in [0.4, 0.5) is 0 Å². The van der Waals surface area contributed by atoms with Gasteiger partial charge in [0.2, 0.25) is 5.78 Å². The maximum atomic E-state index is 11.2. The molecule has 0 fully saturated rings. The fourth-order valence-electron chi connectivity index (χ4n) is 0.585. The lowest BCUT2D eigenvalue weighted by atomic mass is 10.5. The minimum absolute atomic E-state index is 0.286. The predicted octanol–water partition coefficient (Wildman–Crippen LogP) is 0.270. The van der Waals surface area contributed by atoms with E-state index in [1.165, 1.54) is 0 Å². The molecule has 15 heavy (non-hydrogen) atoms. The Bertz CT molecular complexity index is 392. The third kappa shape index (κ3) is 6.31. The first-order valence-corrected chi connectivity index (χ1v) is 6.75. The van der Waals surface area contributed by atoms with Gasteiger partial charge in [0.1, 0.15) is 0 Å². The molecular formula is C7H10O6PS+. The van der Waals surface area contributed by atoms with Gasteiger partial charge in [-0.25, -0.2) is 4.18 Å². The third-order valence-electron chi connectivity index (χ3n) is 1.08. The second-order valence-electron chi connectivity index (χ2n) is 2.53. The zero-order valence-electron chi connectivity index (χ0n) is 8.17. The summed E-state index contributed by atoms with van der Waals surface area (Å²) in [5.74, 6) is -0.313. The van der Waals surface area contributed by atoms with Crippen molar-refractivity contribution in [1.29, 1.82) is 0 Å². The molecule has 0 spiro atoms. The van der Waals surface area contributed by atoms with Crippen molar-refractivity contribution in [2.24, 2.45) is 0 Å². The van der Waals surface area contributed by atoms with Crippen LogP contribution in [-0.4, -0.2) is 32.9 Å². The van der Waals surface area contributed by atoms with Gasteiger partial charge in [0, 0.05) is 6.92 Å². The number of rotatable bonds is 6. The number of carbonyl (C=O) groups excluding carboxylic acids is 1. The molecule has 8 heteroatoms. The van der Waals surface area contributed by atoms with E-state index >= 15 is 0 Å². The molecule has 0 heterocycles. The highest BCUT2D eigenvalue weighted by Gasteiger charge is 2.41. The van der Waals surface area contributed by atoms with Crippen molar-refractivity contribution in [3.8, 4) is 12.3 Å². The topological polar surface area (TPSA) is 86.7 Å². The van der Waals surface area contributed by atoms with E-state index in [1.807, 2.05) is 5.92 Å². The first kappa shape index (κ1) is 14.2. The summed E-state index contributed by atoms with van der Waals surface area (Å²) in [6.07, 6.45) is 5.58. The number of terminal acetylenes is 1. The molecule has 2 unspecified atom stereocenters. The predicted molar refractivity (Wildman–Crippen MR) is 52.8 cm³/mol. The number of carbonyl (C=O) groups is 1. The smallest absolute Gasteiger partial charge is 0.292 e. The van der Waals surface area contributed by atoms with Gasteiger partial charge in [-0.1, -0.05) is 5.92 Å². The average Bonchev–Trinajstić information content (AvgIpc) is 2.08. The molecular weight excluding hydrogens is 243 g/mol. The molecule has 0 rings (SSSR count). The molecule has 0 aromatic rings. The molecule has 0 aliphatic heterocycles. The molecule has 0 N–H and O–H groups in total. The molecule has 6 nitrogen and oxygen atoms in total. The maximum Gasteiger partial charge on any atom is 0.551 e. The Morgan fingerprint density at radius 2 is 2.13 bits per heavy atom. The maximum absolute atomic E-state index is 11.2. The van der Waals surface area contributed by atoms with Crippen molar-refractivity contribution >= 4 is 23.9 Å². The zero-order valence-corrected chi connectivity index (χ0v) is 9.88. The molecule has 84 valence electrons. The van der Waals surface area contributed by atoms with E-state index in [4.69, 9.17) is 6.42 Å². The summed E-state index contributed by atoms with van der Waals surface area (Å²) >= 11 is 0. The third-order valence-corrected chi connectivity index (χ3v) is 3.00. The molecule has 0 aromatic carbocycles. The van der Waals surface area contributed by atoms with Gasteiger partial charge >= 0.3 is 13.9 Å². The second-order valence-corrected chi connectivity index (χ2v) is 5.42. The molecule has 0 aliphatic carbocycles. The molecule has 0 bridgehead atoms. The van der Waals surface area contributed by atoms with E-state index in [2.05, 4.69) is 8.71 Å². The molecule has 0 aliphatic rings. The van der Waals surface area contributed by atoms with E-state index < -0.39 is 29.8 Å². The summed E-state index contributed by atoms with van der Waals surface area (Å²) in [5, 5.41) is 0. The lowest BCUT2D eigenvalue weighted by Crippen LogP contribution is -2.22. The highest BCUT2D eigenvalue weighted by molar-refractivity contribution is 7.86. The molecule has 2 atom stereocenters. The van der Waals surface area contributed by atoms with Gasteiger partial charge < -0.3 is 0 Å². The molecule has 0 saturated carbocycles. The van der Waals surface area contributed by atoms with Gasteiger partial charge in [0.15, 0.2) is 6.61 Å². The number of ketones is 1. The van der Waals surface area contributed by atoms with Crippen molar-refractivity contribution in [3.05, 3.63) is 0 Å². The minimum atomic E-state index is -3.87. The summed E-state index contributed by atoms with van der Waals surface area (Å²) in [5.41, 5.74) is 0. The largest absolute Gasteiger partial charge is 0.551 e. The quantitative estimate of drug-likeness (QED) is 0.383. The zero-order chi connectivity index (χ0) is 12.1. The molecule has 0 saturated heterocycles. The second kappa shape index (κ2) is 5.93. The Morgan fingerprint density at radius 1 is 1.60 bits per heavy atom. The van der Waals surface area contributed by atoms with Gasteiger partial charge in [0.25, 0.3) is 10.1 Å². The Labute approximate surface area is 88.9 Å². The Morgan fingerprint density at radius 3 is 2.47 bits per heavy atom. The van der Waals surface area contributed by atoms with Crippen molar-refractivity contribution in [1.82, 2.24) is 0 Å². The fraction of sp³-hybridized carbons (Fsp3) is 0.571. The summed E-state index contributed by atoms with van der Waals surface area (Å²) in [4.78, 5) is 10.9. The van der Waals surface area contributed by atoms with Gasteiger partial charge in [-0.3, -0.25) is 4.79 Å². The van der Waals surface area contributed by atoms with Crippen LogP contribution < -0.4 is 0 Å². The van der Waals surface area contributed by atoms with Gasteiger partial charge in [-0.15, -0.1) is 10.9 Å². The molecule has 0 amide bonds. The lowest BCUT2D eigenvalue weighted by molar-refractivity contribution is -0.120. The Balaban J connectivity index is 4.62. The van der Waals surface area contributed by atoms with Crippen LogP contribution in [0.3, 0.4) is 0 Å². The normalized spacial score (nSPS) is 14.1. The van der Waals surface area contributed by atoms with Crippen LogP contribution in [0.25, 0.3) is 0 Å². The van der Waals surface area contributed by atoms with E-state index in [1.54, 1.807) is 0 Å². The Kier molecular flexibility index (Phi) is 5.61. The SMILES string of the molecule is C#CCO[P+](=O)C(OS(C)(=O)=O)C(C)=O. The van der Waals surface area contributed by atoms with Gasteiger partial charge in [0.05, 0.1) is 6.26 Å². The highest BCUT2D eigenvalue weighted by atomic mass is 32.2. The summed E-state index contributed by atoms with van der Waals surface area (Å²) < 4.78 is 41.5. The van der Waals surface area contributed by atoms with E-state index in [9.17, 15) is 17.8 Å². The van der Waals surface area contributed by atoms with E-state index in [0.717, 1.165) is 13.2 Å². The number of hydrogen-bond donors (Lipinski definition) is 0. The van der Waals surface area contributed by atoms with Gasteiger partial charge in [-0.2, -0.15) is 8.42 Å². The van der Waals surface area contributed by atoms with Crippen LogP contribution in [0.1, 0.15) is 6.92 Å².